The standard InChI is InChI=1S/C25H20N2O5S/c1-2-21(32-24(28)16-13-17-11-14-18(15-12-17)27(30)31)25(29)26-19-7-3-5-9-22(19)33-23-10-6-4-8-20(23)26/h3-16,21H,2H2,1H3. The van der Waals surface area contributed by atoms with Crippen molar-refractivity contribution in [2.45, 2.75) is 29.2 Å². The number of benzene rings is 3. The number of nitrogens with zero attached hydrogens (tertiary/aromatic N) is 2. The number of hydrogen-bond acceptors (Lipinski definition) is 6. The molecule has 0 spiro atoms. The number of para-hydroxylation sites is 2. The lowest BCUT2D eigenvalue weighted by molar-refractivity contribution is -0.384. The van der Waals surface area contributed by atoms with Crippen LogP contribution in [0.5, 0.6) is 0 Å². The van der Waals surface area contributed by atoms with Gasteiger partial charge in [0.25, 0.3) is 11.6 Å². The Balaban J connectivity index is 1.53. The molecule has 0 saturated carbocycles. The molecule has 0 fully saturated rings. The van der Waals surface area contributed by atoms with Crippen LogP contribution >= 0.6 is 11.8 Å². The van der Waals surface area contributed by atoms with Gasteiger partial charge in [-0.2, -0.15) is 0 Å². The first kappa shape index (κ1) is 22.3. The minimum Gasteiger partial charge on any atom is -0.449 e. The Hall–Kier alpha value is -3.91. The number of non-ortho nitro benzene ring substituents is 1. The third-order valence-electron chi connectivity index (χ3n) is 5.07. The zero-order valence-corrected chi connectivity index (χ0v) is 18.5. The molecule has 3 aromatic rings. The summed E-state index contributed by atoms with van der Waals surface area (Å²) in [6.07, 6.45) is 2.05. The molecule has 7 nitrogen and oxygen atoms in total. The lowest BCUT2D eigenvalue weighted by Crippen LogP contribution is -2.39. The van der Waals surface area contributed by atoms with Crippen molar-refractivity contribution < 1.29 is 19.2 Å². The normalized spacial score (nSPS) is 13.2. The molecule has 3 aromatic carbocycles. The summed E-state index contributed by atoms with van der Waals surface area (Å²) in [5.74, 6) is -0.990. The summed E-state index contributed by atoms with van der Waals surface area (Å²) < 4.78 is 5.50. The molecule has 1 heterocycles. The van der Waals surface area contributed by atoms with Crippen molar-refractivity contribution in [3.05, 3.63) is 94.6 Å². The maximum Gasteiger partial charge on any atom is 0.331 e. The molecule has 0 aromatic heterocycles. The smallest absolute Gasteiger partial charge is 0.331 e. The fraction of sp³-hybridized carbons (Fsp3) is 0.120. The molecule has 4 rings (SSSR count). The van der Waals surface area contributed by atoms with Gasteiger partial charge in [-0.3, -0.25) is 19.8 Å². The second-order valence-corrected chi connectivity index (χ2v) is 8.31. The third-order valence-corrected chi connectivity index (χ3v) is 6.20. The minimum atomic E-state index is -0.969. The first-order valence-corrected chi connectivity index (χ1v) is 11.1. The number of anilines is 2. The number of hydrogen-bond donors (Lipinski definition) is 0. The second kappa shape index (κ2) is 9.70. The van der Waals surface area contributed by atoms with Crippen molar-refractivity contribution in [2.75, 3.05) is 4.90 Å². The number of ether oxygens (including phenoxy) is 1. The largest absolute Gasteiger partial charge is 0.449 e. The zero-order valence-electron chi connectivity index (χ0n) is 17.7. The number of nitro groups is 1. The summed E-state index contributed by atoms with van der Waals surface area (Å²) in [4.78, 5) is 39.7. The van der Waals surface area contributed by atoms with Crippen LogP contribution in [0.3, 0.4) is 0 Å². The molecule has 8 heteroatoms. The van der Waals surface area contributed by atoms with Crippen molar-refractivity contribution in [2.24, 2.45) is 0 Å². The van der Waals surface area contributed by atoms with Gasteiger partial charge in [0, 0.05) is 28.0 Å². The summed E-state index contributed by atoms with van der Waals surface area (Å²) in [6.45, 7) is 1.78. The van der Waals surface area contributed by atoms with Crippen LogP contribution in [0.2, 0.25) is 0 Å². The van der Waals surface area contributed by atoms with Gasteiger partial charge >= 0.3 is 5.97 Å². The Morgan fingerprint density at radius 2 is 1.58 bits per heavy atom. The van der Waals surface area contributed by atoms with E-state index in [0.29, 0.717) is 12.0 Å². The van der Waals surface area contributed by atoms with Crippen molar-refractivity contribution >= 4 is 46.8 Å². The topological polar surface area (TPSA) is 89.7 Å². The van der Waals surface area contributed by atoms with E-state index in [-0.39, 0.29) is 11.6 Å². The molecule has 1 unspecified atom stereocenters. The highest BCUT2D eigenvalue weighted by Gasteiger charge is 2.33. The quantitative estimate of drug-likeness (QED) is 0.201. The minimum absolute atomic E-state index is 0.0355. The fourth-order valence-electron chi connectivity index (χ4n) is 3.45. The maximum absolute atomic E-state index is 13.5. The average Bonchev–Trinajstić information content (AvgIpc) is 2.84. The van der Waals surface area contributed by atoms with Gasteiger partial charge in [-0.15, -0.1) is 0 Å². The van der Waals surface area contributed by atoms with E-state index in [1.165, 1.54) is 36.4 Å². The summed E-state index contributed by atoms with van der Waals surface area (Å²) >= 11 is 1.59. The van der Waals surface area contributed by atoms with Crippen molar-refractivity contribution in [3.8, 4) is 0 Å². The predicted octanol–water partition coefficient (Wildman–Crippen LogP) is 5.76. The molecule has 0 bridgehead atoms. The van der Waals surface area contributed by atoms with E-state index in [0.717, 1.165) is 21.2 Å². The number of carbonyl (C=O) groups excluding carboxylic acids is 2. The van der Waals surface area contributed by atoms with E-state index in [4.69, 9.17) is 4.74 Å². The summed E-state index contributed by atoms with van der Waals surface area (Å²) in [5.41, 5.74) is 2.07. The SMILES string of the molecule is CCC(OC(=O)C=Cc1ccc([N+](=O)[O-])cc1)C(=O)N1c2ccccc2Sc2ccccc21. The van der Waals surface area contributed by atoms with Crippen molar-refractivity contribution in [1.29, 1.82) is 0 Å². The van der Waals surface area contributed by atoms with Gasteiger partial charge in [0.2, 0.25) is 0 Å². The van der Waals surface area contributed by atoms with E-state index >= 15 is 0 Å². The Kier molecular flexibility index (Phi) is 6.55. The highest BCUT2D eigenvalue weighted by Crippen LogP contribution is 2.48. The molecule has 0 radical (unpaired) electrons. The Bertz CT molecular complexity index is 1190. The van der Waals surface area contributed by atoms with Gasteiger partial charge in [0.05, 0.1) is 16.3 Å². The van der Waals surface area contributed by atoms with E-state index in [1.54, 1.807) is 23.6 Å². The second-order valence-electron chi connectivity index (χ2n) is 7.23. The van der Waals surface area contributed by atoms with Crippen LogP contribution in [0.15, 0.2) is 88.7 Å². The van der Waals surface area contributed by atoms with Gasteiger partial charge in [-0.1, -0.05) is 43.0 Å². The lowest BCUT2D eigenvalue weighted by atomic mass is 10.1. The van der Waals surface area contributed by atoms with Crippen LogP contribution in [0.1, 0.15) is 18.9 Å². The summed E-state index contributed by atoms with van der Waals surface area (Å²) in [6, 6.07) is 21.0. The molecule has 1 amide bonds. The zero-order chi connectivity index (χ0) is 23.4. The van der Waals surface area contributed by atoms with Crippen LogP contribution in [-0.2, 0) is 14.3 Å². The Morgan fingerprint density at radius 1 is 1.00 bits per heavy atom. The molecular formula is C25H20N2O5S. The number of amides is 1. The van der Waals surface area contributed by atoms with Crippen LogP contribution < -0.4 is 4.90 Å². The number of rotatable bonds is 6. The van der Waals surface area contributed by atoms with Gasteiger partial charge in [0.1, 0.15) is 0 Å². The third kappa shape index (κ3) is 4.80. The van der Waals surface area contributed by atoms with Gasteiger partial charge in [-0.05, 0) is 54.5 Å². The molecular weight excluding hydrogens is 440 g/mol. The highest BCUT2D eigenvalue weighted by atomic mass is 32.2. The number of nitro benzene ring substituents is 1. The van der Waals surface area contributed by atoms with Crippen molar-refractivity contribution in [3.63, 3.8) is 0 Å². The fourth-order valence-corrected chi connectivity index (χ4v) is 4.50. The van der Waals surface area contributed by atoms with E-state index in [9.17, 15) is 19.7 Å². The average molecular weight is 461 g/mol. The van der Waals surface area contributed by atoms with Crippen LogP contribution in [0, 0.1) is 10.1 Å². The number of carbonyl (C=O) groups is 2. The van der Waals surface area contributed by atoms with E-state index in [1.807, 2.05) is 48.5 Å². The monoisotopic (exact) mass is 460 g/mol. The highest BCUT2D eigenvalue weighted by molar-refractivity contribution is 7.99. The predicted molar refractivity (Wildman–Crippen MR) is 126 cm³/mol. The van der Waals surface area contributed by atoms with Gasteiger partial charge < -0.3 is 4.74 Å². The van der Waals surface area contributed by atoms with E-state index in [2.05, 4.69) is 0 Å². The van der Waals surface area contributed by atoms with Gasteiger partial charge in [0.15, 0.2) is 6.10 Å². The van der Waals surface area contributed by atoms with Crippen LogP contribution in [0.4, 0.5) is 17.1 Å². The Morgan fingerprint density at radius 3 is 2.12 bits per heavy atom. The number of esters is 1. The van der Waals surface area contributed by atoms with E-state index < -0.39 is 17.0 Å². The molecule has 0 N–H and O–H groups in total. The first-order chi connectivity index (χ1) is 16.0. The lowest BCUT2D eigenvalue weighted by Gasteiger charge is -2.33. The van der Waals surface area contributed by atoms with Crippen LogP contribution in [0.25, 0.3) is 6.08 Å². The van der Waals surface area contributed by atoms with Gasteiger partial charge in [-0.25, -0.2) is 4.79 Å². The first-order valence-electron chi connectivity index (χ1n) is 10.3. The molecule has 0 aliphatic carbocycles. The molecule has 0 saturated heterocycles. The molecule has 33 heavy (non-hydrogen) atoms. The van der Waals surface area contributed by atoms with Crippen LogP contribution in [-0.4, -0.2) is 22.9 Å². The molecule has 1 atom stereocenters. The summed E-state index contributed by atoms with van der Waals surface area (Å²) in [5, 5.41) is 10.8. The Labute approximate surface area is 194 Å². The molecule has 1 aliphatic rings. The summed E-state index contributed by atoms with van der Waals surface area (Å²) in [7, 11) is 0. The van der Waals surface area contributed by atoms with Crippen molar-refractivity contribution in [1.82, 2.24) is 0 Å². The number of fused-ring (bicyclic) bond motifs is 2. The molecule has 166 valence electrons. The molecule has 1 aliphatic heterocycles. The maximum atomic E-state index is 13.5.